The number of anilines is 1. The van der Waals surface area contributed by atoms with E-state index < -0.39 is 79.7 Å². The second kappa shape index (κ2) is 8.60. The summed E-state index contributed by atoms with van der Waals surface area (Å²) in [4.78, 5) is 22.3. The highest BCUT2D eigenvalue weighted by Crippen LogP contribution is 2.54. The third kappa shape index (κ3) is 4.74. The minimum atomic E-state index is -6.68. The molecule has 0 radical (unpaired) electrons. The summed E-state index contributed by atoms with van der Waals surface area (Å²) in [5, 5.41) is 11.7. The molecule has 2 aromatic rings. The van der Waals surface area contributed by atoms with Gasteiger partial charge in [-0.15, -0.1) is 0 Å². The van der Waals surface area contributed by atoms with E-state index in [1.807, 2.05) is 0 Å². The first-order chi connectivity index (χ1) is 15.2. The highest BCUT2D eigenvalue weighted by Gasteiger charge is 2.73. The van der Waals surface area contributed by atoms with Crippen molar-refractivity contribution in [1.29, 1.82) is 0 Å². The Hall–Kier alpha value is -3.10. The molecule has 0 aliphatic rings. The van der Waals surface area contributed by atoms with Gasteiger partial charge in [0.1, 0.15) is 5.02 Å². The standard InChI is InChI=1S/C18H9ClF10N2O3/c1-7-5-8(15(20,17(24,25)26)18(27,28)29)6-10(16(21,22)23)13(7)30-14(32)9-3-2-4-11(12(9)19)31(33)34/h2-6H,1H3,(H,30,32). The van der Waals surface area contributed by atoms with Crippen LogP contribution in [0.25, 0.3) is 0 Å². The summed E-state index contributed by atoms with van der Waals surface area (Å²) in [6.07, 6.45) is -19.0. The number of nitro benzene ring substituents is 1. The average Bonchev–Trinajstić information content (AvgIpc) is 2.65. The van der Waals surface area contributed by atoms with Crippen molar-refractivity contribution in [2.45, 2.75) is 31.1 Å². The minimum Gasteiger partial charge on any atom is -0.321 e. The van der Waals surface area contributed by atoms with Gasteiger partial charge in [0, 0.05) is 11.6 Å². The molecule has 0 aromatic heterocycles. The van der Waals surface area contributed by atoms with E-state index in [-0.39, 0.29) is 6.07 Å². The summed E-state index contributed by atoms with van der Waals surface area (Å²) in [5.41, 5.74) is -14.7. The number of carbonyl (C=O) groups is 1. The van der Waals surface area contributed by atoms with Crippen molar-refractivity contribution >= 4 is 28.9 Å². The fraction of sp³-hybridized carbons (Fsp3) is 0.278. The van der Waals surface area contributed by atoms with Gasteiger partial charge in [0.05, 0.1) is 21.7 Å². The fourth-order valence-corrected chi connectivity index (χ4v) is 3.16. The lowest BCUT2D eigenvalue weighted by Gasteiger charge is -2.31. The molecule has 1 N–H and O–H groups in total. The first-order valence-corrected chi connectivity index (χ1v) is 8.90. The molecule has 0 bridgehead atoms. The summed E-state index contributed by atoms with van der Waals surface area (Å²) in [5.74, 6) is -1.51. The molecule has 0 aliphatic carbocycles. The molecule has 5 nitrogen and oxygen atoms in total. The summed E-state index contributed by atoms with van der Waals surface area (Å²) in [6.45, 7) is 0.594. The van der Waals surface area contributed by atoms with Crippen LogP contribution < -0.4 is 5.32 Å². The minimum absolute atomic E-state index is 0.152. The van der Waals surface area contributed by atoms with Gasteiger partial charge >= 0.3 is 24.2 Å². The highest BCUT2D eigenvalue weighted by atomic mass is 35.5. The number of aryl methyl sites for hydroxylation is 1. The van der Waals surface area contributed by atoms with Crippen molar-refractivity contribution in [3.05, 3.63) is 67.7 Å². The number of hydrogen-bond donors (Lipinski definition) is 1. The summed E-state index contributed by atoms with van der Waals surface area (Å²) in [7, 11) is 0. The maximum atomic E-state index is 14.3. The molecule has 0 aliphatic heterocycles. The Labute approximate surface area is 187 Å². The number of rotatable bonds is 4. The number of nitro groups is 1. The lowest BCUT2D eigenvalue weighted by molar-refractivity contribution is -0.384. The van der Waals surface area contributed by atoms with Crippen LogP contribution in [0.5, 0.6) is 0 Å². The van der Waals surface area contributed by atoms with Gasteiger partial charge in [-0.05, 0) is 24.6 Å². The Morgan fingerprint density at radius 3 is 1.94 bits per heavy atom. The topological polar surface area (TPSA) is 72.2 Å². The van der Waals surface area contributed by atoms with Gasteiger partial charge < -0.3 is 5.32 Å². The normalized spacial score (nSPS) is 13.1. The summed E-state index contributed by atoms with van der Waals surface area (Å²) in [6, 6.07) is 1.79. The van der Waals surface area contributed by atoms with Crippen LogP contribution in [0.1, 0.15) is 27.0 Å². The van der Waals surface area contributed by atoms with Gasteiger partial charge in [-0.25, -0.2) is 4.39 Å². The molecule has 0 spiro atoms. The highest BCUT2D eigenvalue weighted by molar-refractivity contribution is 6.36. The largest absolute Gasteiger partial charge is 0.435 e. The van der Waals surface area contributed by atoms with Gasteiger partial charge in [-0.1, -0.05) is 23.7 Å². The van der Waals surface area contributed by atoms with Crippen LogP contribution in [-0.4, -0.2) is 23.2 Å². The number of nitrogens with one attached hydrogen (secondary N) is 1. The third-order valence-electron chi connectivity index (χ3n) is 4.48. The van der Waals surface area contributed by atoms with Gasteiger partial charge in [0.2, 0.25) is 0 Å². The van der Waals surface area contributed by atoms with E-state index in [1.165, 1.54) is 0 Å². The molecule has 34 heavy (non-hydrogen) atoms. The van der Waals surface area contributed by atoms with Crippen molar-refractivity contribution in [3.8, 4) is 0 Å². The predicted molar refractivity (Wildman–Crippen MR) is 97.1 cm³/mol. The molecule has 0 fully saturated rings. The number of carbonyl (C=O) groups excluding carboxylic acids is 1. The molecular formula is C18H9ClF10N2O3. The maximum absolute atomic E-state index is 14.3. The van der Waals surface area contributed by atoms with Crippen LogP contribution >= 0.6 is 11.6 Å². The number of halogens is 11. The number of amides is 1. The first-order valence-electron chi connectivity index (χ1n) is 8.52. The van der Waals surface area contributed by atoms with Crippen molar-refractivity contribution in [2.24, 2.45) is 0 Å². The zero-order chi connectivity index (χ0) is 26.4. The Kier molecular flexibility index (Phi) is 6.86. The number of benzene rings is 2. The van der Waals surface area contributed by atoms with Crippen LogP contribution in [0.2, 0.25) is 5.02 Å². The van der Waals surface area contributed by atoms with Crippen LogP contribution in [0.3, 0.4) is 0 Å². The second-order valence-electron chi connectivity index (χ2n) is 6.72. The van der Waals surface area contributed by atoms with Gasteiger partial charge in [0.25, 0.3) is 11.6 Å². The monoisotopic (exact) mass is 526 g/mol. The average molecular weight is 527 g/mol. The fourth-order valence-electron chi connectivity index (χ4n) is 2.88. The SMILES string of the molecule is Cc1cc(C(F)(C(F)(F)F)C(F)(F)F)cc(C(F)(F)F)c1NC(=O)c1cccc([N+](=O)[O-])c1Cl. The molecule has 186 valence electrons. The van der Waals surface area contributed by atoms with E-state index in [1.54, 1.807) is 5.32 Å². The van der Waals surface area contributed by atoms with Gasteiger partial charge in [-0.2, -0.15) is 39.5 Å². The van der Waals surface area contributed by atoms with Crippen LogP contribution in [-0.2, 0) is 11.8 Å². The third-order valence-corrected chi connectivity index (χ3v) is 4.88. The molecule has 0 unspecified atom stereocenters. The van der Waals surface area contributed by atoms with Crippen molar-refractivity contribution < 1.29 is 53.6 Å². The molecule has 2 rings (SSSR count). The van der Waals surface area contributed by atoms with E-state index in [4.69, 9.17) is 11.6 Å². The number of hydrogen-bond acceptors (Lipinski definition) is 3. The first kappa shape index (κ1) is 27.1. The van der Waals surface area contributed by atoms with Gasteiger partial charge in [0.15, 0.2) is 0 Å². The van der Waals surface area contributed by atoms with E-state index in [0.717, 1.165) is 18.2 Å². The number of alkyl halides is 10. The zero-order valence-corrected chi connectivity index (χ0v) is 17.0. The zero-order valence-electron chi connectivity index (χ0n) is 16.2. The molecule has 2 aromatic carbocycles. The lowest BCUT2D eigenvalue weighted by atomic mass is 9.90. The molecular weight excluding hydrogens is 518 g/mol. The Bertz CT molecular complexity index is 1130. The van der Waals surface area contributed by atoms with E-state index in [0.29, 0.717) is 6.92 Å². The second-order valence-corrected chi connectivity index (χ2v) is 7.10. The van der Waals surface area contributed by atoms with Crippen LogP contribution in [0.15, 0.2) is 30.3 Å². The smallest absolute Gasteiger partial charge is 0.321 e. The Morgan fingerprint density at radius 2 is 1.50 bits per heavy atom. The summed E-state index contributed by atoms with van der Waals surface area (Å²) >= 11 is 5.70. The van der Waals surface area contributed by atoms with E-state index in [9.17, 15) is 58.8 Å². The predicted octanol–water partition coefficient (Wildman–Crippen LogP) is 7.12. The van der Waals surface area contributed by atoms with Gasteiger partial charge in [-0.3, -0.25) is 14.9 Å². The lowest BCUT2D eigenvalue weighted by Crippen LogP contribution is -2.50. The summed E-state index contributed by atoms with van der Waals surface area (Å²) < 4.78 is 133. The molecule has 1 amide bonds. The van der Waals surface area contributed by atoms with Crippen molar-refractivity contribution in [1.82, 2.24) is 0 Å². The molecule has 0 atom stereocenters. The maximum Gasteiger partial charge on any atom is 0.435 e. The number of nitrogens with zero attached hydrogens (tertiary/aromatic N) is 1. The van der Waals surface area contributed by atoms with E-state index >= 15 is 0 Å². The molecule has 0 saturated carbocycles. The molecule has 16 heteroatoms. The Morgan fingerprint density at radius 1 is 0.971 bits per heavy atom. The van der Waals surface area contributed by atoms with Crippen molar-refractivity contribution in [2.75, 3.05) is 5.32 Å². The van der Waals surface area contributed by atoms with Crippen molar-refractivity contribution in [3.63, 3.8) is 0 Å². The molecule has 0 saturated heterocycles. The quantitative estimate of drug-likeness (QED) is 0.262. The molecule has 0 heterocycles. The Balaban J connectivity index is 2.72. The van der Waals surface area contributed by atoms with Crippen LogP contribution in [0, 0.1) is 17.0 Å². The van der Waals surface area contributed by atoms with E-state index in [2.05, 4.69) is 0 Å². The van der Waals surface area contributed by atoms with Crippen LogP contribution in [0.4, 0.5) is 55.3 Å².